The molecule has 126 valence electrons. The second-order valence-corrected chi connectivity index (χ2v) is 5.69. The molecule has 0 unspecified atom stereocenters. The van der Waals surface area contributed by atoms with E-state index in [1.165, 1.54) is 14.2 Å². The number of hydrogen-bond acceptors (Lipinski definition) is 6. The number of ether oxygens (including phenoxy) is 2. The molecular formula is C18H20N2O4. The molecule has 0 fully saturated rings. The minimum absolute atomic E-state index is 0.124. The first kappa shape index (κ1) is 17.6. The van der Waals surface area contributed by atoms with E-state index in [4.69, 9.17) is 9.47 Å². The number of aryl methyl sites for hydroxylation is 1. The lowest BCUT2D eigenvalue weighted by molar-refractivity contribution is 0.0591. The van der Waals surface area contributed by atoms with Crippen LogP contribution in [0.2, 0.25) is 0 Å². The normalized spacial score (nSPS) is 10.6. The summed E-state index contributed by atoms with van der Waals surface area (Å²) in [6.45, 7) is 5.74. The van der Waals surface area contributed by atoms with Crippen LogP contribution in [-0.4, -0.2) is 36.1 Å². The second kappa shape index (κ2) is 7.21. The van der Waals surface area contributed by atoms with Crippen molar-refractivity contribution in [2.75, 3.05) is 14.2 Å². The van der Waals surface area contributed by atoms with Gasteiger partial charge < -0.3 is 9.47 Å². The molecule has 2 rings (SSSR count). The summed E-state index contributed by atoms with van der Waals surface area (Å²) in [5.74, 6) is -0.760. The Bertz CT molecular complexity index is 785. The van der Waals surface area contributed by atoms with E-state index in [1.54, 1.807) is 31.3 Å². The molecule has 0 bridgehead atoms. The van der Waals surface area contributed by atoms with E-state index in [0.29, 0.717) is 28.1 Å². The van der Waals surface area contributed by atoms with Crippen molar-refractivity contribution in [3.8, 4) is 11.4 Å². The summed E-state index contributed by atoms with van der Waals surface area (Å²) in [6.07, 6.45) is 1.59. The molecule has 0 saturated carbocycles. The van der Waals surface area contributed by atoms with Crippen LogP contribution in [0.15, 0.2) is 24.4 Å². The van der Waals surface area contributed by atoms with Gasteiger partial charge in [-0.2, -0.15) is 0 Å². The van der Waals surface area contributed by atoms with Crippen molar-refractivity contribution in [1.29, 1.82) is 0 Å². The molecule has 24 heavy (non-hydrogen) atoms. The molecule has 0 N–H and O–H groups in total. The van der Waals surface area contributed by atoms with Gasteiger partial charge in [-0.05, 0) is 36.6 Å². The number of pyridine rings is 2. The van der Waals surface area contributed by atoms with Crippen LogP contribution in [0.5, 0.6) is 0 Å². The Balaban J connectivity index is 2.61. The third kappa shape index (κ3) is 3.59. The molecule has 0 aromatic carbocycles. The molecule has 6 nitrogen and oxygen atoms in total. The Hall–Kier alpha value is -2.76. The van der Waals surface area contributed by atoms with Crippen molar-refractivity contribution in [2.24, 2.45) is 0 Å². The summed E-state index contributed by atoms with van der Waals surface area (Å²) < 4.78 is 9.59. The quantitative estimate of drug-likeness (QED) is 0.802. The number of methoxy groups -OCH3 is 2. The fourth-order valence-corrected chi connectivity index (χ4v) is 2.21. The third-order valence-electron chi connectivity index (χ3n) is 3.63. The van der Waals surface area contributed by atoms with Crippen molar-refractivity contribution in [3.05, 3.63) is 46.8 Å². The first-order valence-corrected chi connectivity index (χ1v) is 7.53. The summed E-state index contributed by atoms with van der Waals surface area (Å²) in [4.78, 5) is 32.7. The maximum absolute atomic E-state index is 11.9. The molecule has 0 spiro atoms. The van der Waals surface area contributed by atoms with Crippen molar-refractivity contribution >= 4 is 11.9 Å². The fourth-order valence-electron chi connectivity index (χ4n) is 2.21. The predicted octanol–water partition coefficient (Wildman–Crippen LogP) is 3.15. The lowest BCUT2D eigenvalue weighted by Crippen LogP contribution is -2.07. The Morgan fingerprint density at radius 3 is 2.25 bits per heavy atom. The van der Waals surface area contributed by atoms with E-state index < -0.39 is 11.9 Å². The fraction of sp³-hybridized carbons (Fsp3) is 0.333. The molecule has 0 saturated heterocycles. The van der Waals surface area contributed by atoms with Gasteiger partial charge in [-0.1, -0.05) is 13.8 Å². The molecule has 0 radical (unpaired) electrons. The van der Waals surface area contributed by atoms with Crippen LogP contribution in [0, 0.1) is 6.92 Å². The first-order valence-electron chi connectivity index (χ1n) is 7.53. The highest BCUT2D eigenvalue weighted by molar-refractivity contribution is 5.93. The van der Waals surface area contributed by atoms with E-state index in [0.717, 1.165) is 5.69 Å². The van der Waals surface area contributed by atoms with Crippen molar-refractivity contribution in [2.45, 2.75) is 26.7 Å². The van der Waals surface area contributed by atoms with Gasteiger partial charge in [-0.15, -0.1) is 0 Å². The standard InChI is InChI=1S/C18H20N2O4/c1-10(2)14-6-12(17(21)23-4)7-16(20-14)15-8-13(18(22)24-5)11(3)9-19-15/h6-10H,1-5H3. The highest BCUT2D eigenvalue weighted by Crippen LogP contribution is 2.23. The van der Waals surface area contributed by atoms with E-state index in [1.807, 2.05) is 13.8 Å². The summed E-state index contributed by atoms with van der Waals surface area (Å²) in [5, 5.41) is 0. The molecule has 2 aromatic rings. The van der Waals surface area contributed by atoms with E-state index in [2.05, 4.69) is 9.97 Å². The maximum Gasteiger partial charge on any atom is 0.338 e. The van der Waals surface area contributed by atoms with Crippen LogP contribution in [-0.2, 0) is 9.47 Å². The van der Waals surface area contributed by atoms with Crippen LogP contribution in [0.4, 0.5) is 0 Å². The van der Waals surface area contributed by atoms with Crippen LogP contribution in [0.3, 0.4) is 0 Å². The number of nitrogens with zero attached hydrogens (tertiary/aromatic N) is 2. The van der Waals surface area contributed by atoms with Gasteiger partial charge in [-0.3, -0.25) is 9.97 Å². The SMILES string of the molecule is COC(=O)c1cc(-c2cc(C(=O)OC)c(C)cn2)nc(C(C)C)c1. The smallest absolute Gasteiger partial charge is 0.338 e. The minimum Gasteiger partial charge on any atom is -0.465 e. The van der Waals surface area contributed by atoms with Crippen molar-refractivity contribution < 1.29 is 19.1 Å². The highest BCUT2D eigenvalue weighted by atomic mass is 16.5. The summed E-state index contributed by atoms with van der Waals surface area (Å²) in [7, 11) is 2.66. The van der Waals surface area contributed by atoms with E-state index >= 15 is 0 Å². The summed E-state index contributed by atoms with van der Waals surface area (Å²) >= 11 is 0. The monoisotopic (exact) mass is 328 g/mol. The summed E-state index contributed by atoms with van der Waals surface area (Å²) in [6, 6.07) is 4.93. The average molecular weight is 328 g/mol. The Kier molecular flexibility index (Phi) is 5.28. The number of esters is 2. The average Bonchev–Trinajstić information content (AvgIpc) is 2.60. The zero-order valence-electron chi connectivity index (χ0n) is 14.4. The van der Waals surface area contributed by atoms with Crippen molar-refractivity contribution in [3.63, 3.8) is 0 Å². The van der Waals surface area contributed by atoms with E-state index in [9.17, 15) is 9.59 Å². The van der Waals surface area contributed by atoms with Crippen LogP contribution in [0.1, 0.15) is 51.7 Å². The number of carbonyl (C=O) groups excluding carboxylic acids is 2. The van der Waals surface area contributed by atoms with Crippen LogP contribution < -0.4 is 0 Å². The Labute approximate surface area is 140 Å². The van der Waals surface area contributed by atoms with Gasteiger partial charge in [0, 0.05) is 11.9 Å². The number of rotatable bonds is 4. The first-order chi connectivity index (χ1) is 11.4. The molecule has 0 atom stereocenters. The Morgan fingerprint density at radius 1 is 1.00 bits per heavy atom. The maximum atomic E-state index is 11.9. The van der Waals surface area contributed by atoms with Gasteiger partial charge in [0.25, 0.3) is 0 Å². The second-order valence-electron chi connectivity index (χ2n) is 5.69. The highest BCUT2D eigenvalue weighted by Gasteiger charge is 2.16. The number of carbonyl (C=O) groups is 2. The predicted molar refractivity (Wildman–Crippen MR) is 89.0 cm³/mol. The third-order valence-corrected chi connectivity index (χ3v) is 3.63. The molecule has 0 amide bonds. The van der Waals surface area contributed by atoms with Gasteiger partial charge in [0.05, 0.1) is 36.7 Å². The molecule has 0 aliphatic heterocycles. The van der Waals surface area contributed by atoms with Crippen LogP contribution >= 0.6 is 0 Å². The number of aromatic nitrogens is 2. The van der Waals surface area contributed by atoms with Gasteiger partial charge in [-0.25, -0.2) is 9.59 Å². The Morgan fingerprint density at radius 2 is 1.67 bits per heavy atom. The van der Waals surface area contributed by atoms with Crippen molar-refractivity contribution in [1.82, 2.24) is 9.97 Å². The van der Waals surface area contributed by atoms with Gasteiger partial charge in [0.15, 0.2) is 0 Å². The van der Waals surface area contributed by atoms with Gasteiger partial charge in [0.2, 0.25) is 0 Å². The molecule has 2 aromatic heterocycles. The summed E-state index contributed by atoms with van der Waals surface area (Å²) in [5.41, 5.74) is 3.26. The lowest BCUT2D eigenvalue weighted by atomic mass is 10.0. The van der Waals surface area contributed by atoms with Gasteiger partial charge >= 0.3 is 11.9 Å². The molecular weight excluding hydrogens is 308 g/mol. The van der Waals surface area contributed by atoms with E-state index in [-0.39, 0.29) is 5.92 Å². The molecule has 6 heteroatoms. The van der Waals surface area contributed by atoms with Gasteiger partial charge in [0.1, 0.15) is 0 Å². The molecule has 0 aliphatic rings. The topological polar surface area (TPSA) is 78.4 Å². The lowest BCUT2D eigenvalue weighted by Gasteiger charge is -2.11. The largest absolute Gasteiger partial charge is 0.465 e. The number of hydrogen-bond donors (Lipinski definition) is 0. The zero-order valence-corrected chi connectivity index (χ0v) is 14.4. The zero-order chi connectivity index (χ0) is 17.9. The molecule has 2 heterocycles. The molecule has 0 aliphatic carbocycles. The minimum atomic E-state index is -0.444. The van der Waals surface area contributed by atoms with Crippen LogP contribution in [0.25, 0.3) is 11.4 Å².